The molecule has 100 valence electrons. The molecule has 0 aliphatic carbocycles. The van der Waals surface area contributed by atoms with E-state index in [-0.39, 0.29) is 10.8 Å². The molecule has 1 unspecified atom stereocenters. The van der Waals surface area contributed by atoms with Crippen molar-refractivity contribution in [2.45, 2.75) is 33.2 Å². The van der Waals surface area contributed by atoms with E-state index in [1.54, 1.807) is 26.8 Å². The number of aryl methyl sites for hydroxylation is 1. The van der Waals surface area contributed by atoms with Gasteiger partial charge in [-0.05, 0) is 30.5 Å². The van der Waals surface area contributed by atoms with Crippen LogP contribution in [0.2, 0.25) is 5.02 Å². The Hall–Kier alpha value is -1.13. The minimum absolute atomic E-state index is 0.269. The smallest absolute Gasteiger partial charge is 0.223 e. The molecule has 1 aromatic carbocycles. The summed E-state index contributed by atoms with van der Waals surface area (Å²) in [5.41, 5.74) is 11.7. The molecule has 0 aliphatic rings. The largest absolute Gasteiger partial charge is 0.369 e. The molecule has 3 nitrogen and oxygen atoms in total. The maximum atomic E-state index is 13.3. The van der Waals surface area contributed by atoms with E-state index in [1.807, 2.05) is 0 Å². The molecule has 1 amide bonds. The van der Waals surface area contributed by atoms with Crippen LogP contribution in [0.3, 0.4) is 0 Å². The molecule has 1 rings (SSSR count). The van der Waals surface area contributed by atoms with Crippen molar-refractivity contribution in [1.29, 1.82) is 0 Å². The second-order valence-electron chi connectivity index (χ2n) is 5.18. The van der Waals surface area contributed by atoms with E-state index in [0.29, 0.717) is 17.5 Å². The number of hydrogen-bond donors (Lipinski definition) is 2. The van der Waals surface area contributed by atoms with Crippen LogP contribution in [0, 0.1) is 18.2 Å². The molecule has 1 atom stereocenters. The summed E-state index contributed by atoms with van der Waals surface area (Å²) in [7, 11) is 0. The third kappa shape index (κ3) is 3.21. The van der Waals surface area contributed by atoms with Gasteiger partial charge in [0, 0.05) is 16.5 Å². The molecule has 0 aliphatic heterocycles. The van der Waals surface area contributed by atoms with Crippen molar-refractivity contribution in [2.75, 3.05) is 0 Å². The third-order valence-corrected chi connectivity index (χ3v) is 3.40. The average molecular weight is 273 g/mol. The fourth-order valence-corrected chi connectivity index (χ4v) is 2.01. The van der Waals surface area contributed by atoms with Crippen LogP contribution in [-0.4, -0.2) is 5.91 Å². The lowest BCUT2D eigenvalue weighted by molar-refractivity contribution is -0.126. The first kappa shape index (κ1) is 14.9. The summed E-state index contributed by atoms with van der Waals surface area (Å²) >= 11 is 5.97. The highest BCUT2D eigenvalue weighted by Crippen LogP contribution is 2.32. The number of benzene rings is 1. The van der Waals surface area contributed by atoms with Crippen molar-refractivity contribution in [3.05, 3.63) is 34.1 Å². The highest BCUT2D eigenvalue weighted by atomic mass is 35.5. The first-order valence-electron chi connectivity index (χ1n) is 5.66. The predicted molar refractivity (Wildman–Crippen MR) is 70.7 cm³/mol. The van der Waals surface area contributed by atoms with E-state index >= 15 is 0 Å². The van der Waals surface area contributed by atoms with Crippen molar-refractivity contribution in [3.63, 3.8) is 0 Å². The highest BCUT2D eigenvalue weighted by Gasteiger charge is 2.29. The Kier molecular flexibility index (Phi) is 4.35. The number of halogens is 2. The van der Waals surface area contributed by atoms with Crippen LogP contribution in [-0.2, 0) is 4.79 Å². The fraction of sp³-hybridized carbons (Fsp3) is 0.462. The SMILES string of the molecule is Cc1cc(C(N)CC(C)(C)C(N)=O)c(Cl)cc1F. The van der Waals surface area contributed by atoms with Crippen LogP contribution in [0.1, 0.15) is 37.4 Å². The summed E-state index contributed by atoms with van der Waals surface area (Å²) in [6.07, 6.45) is 0.354. The average Bonchev–Trinajstić information content (AvgIpc) is 2.22. The van der Waals surface area contributed by atoms with Crippen LogP contribution >= 0.6 is 11.6 Å². The molecule has 18 heavy (non-hydrogen) atoms. The number of rotatable bonds is 4. The lowest BCUT2D eigenvalue weighted by atomic mass is 9.83. The minimum atomic E-state index is -0.731. The van der Waals surface area contributed by atoms with E-state index in [9.17, 15) is 9.18 Å². The summed E-state index contributed by atoms with van der Waals surface area (Å²) in [4.78, 5) is 11.3. The molecule has 4 N–H and O–H groups in total. The molecular weight excluding hydrogens is 255 g/mol. The van der Waals surface area contributed by atoms with Gasteiger partial charge in [-0.15, -0.1) is 0 Å². The summed E-state index contributed by atoms with van der Waals surface area (Å²) < 4.78 is 13.3. The lowest BCUT2D eigenvalue weighted by Gasteiger charge is -2.25. The number of carbonyl (C=O) groups excluding carboxylic acids is 1. The number of carbonyl (C=O) groups is 1. The second kappa shape index (κ2) is 5.24. The van der Waals surface area contributed by atoms with Crippen molar-refractivity contribution in [2.24, 2.45) is 16.9 Å². The molecule has 5 heteroatoms. The summed E-state index contributed by atoms with van der Waals surface area (Å²) in [5, 5.41) is 0.269. The first-order chi connectivity index (χ1) is 8.15. The van der Waals surface area contributed by atoms with Gasteiger partial charge in [0.15, 0.2) is 0 Å². The third-order valence-electron chi connectivity index (χ3n) is 3.07. The zero-order valence-electron chi connectivity index (χ0n) is 10.8. The molecule has 0 fully saturated rings. The molecule has 0 spiro atoms. The first-order valence-corrected chi connectivity index (χ1v) is 6.04. The molecule has 0 saturated carbocycles. The van der Waals surface area contributed by atoms with Crippen LogP contribution in [0.4, 0.5) is 4.39 Å². The Labute approximate surface area is 111 Å². The van der Waals surface area contributed by atoms with E-state index in [2.05, 4.69) is 0 Å². The molecule has 0 saturated heterocycles. The van der Waals surface area contributed by atoms with Gasteiger partial charge >= 0.3 is 0 Å². The number of nitrogens with two attached hydrogens (primary N) is 2. The topological polar surface area (TPSA) is 69.1 Å². The van der Waals surface area contributed by atoms with E-state index in [0.717, 1.165) is 0 Å². The summed E-state index contributed by atoms with van der Waals surface area (Å²) in [5.74, 6) is -0.794. The molecule has 0 heterocycles. The Morgan fingerprint density at radius 3 is 2.56 bits per heavy atom. The van der Waals surface area contributed by atoms with Gasteiger partial charge in [-0.25, -0.2) is 4.39 Å². The molecule has 0 aromatic heterocycles. The number of primary amides is 1. The zero-order chi connectivity index (χ0) is 14.1. The summed E-state index contributed by atoms with van der Waals surface area (Å²) in [6, 6.07) is 2.39. The van der Waals surface area contributed by atoms with E-state index < -0.39 is 17.4 Å². The van der Waals surface area contributed by atoms with Gasteiger partial charge in [-0.2, -0.15) is 0 Å². The fourth-order valence-electron chi connectivity index (χ4n) is 1.72. The van der Waals surface area contributed by atoms with Gasteiger partial charge in [0.1, 0.15) is 5.82 Å². The van der Waals surface area contributed by atoms with Gasteiger partial charge < -0.3 is 11.5 Å². The number of hydrogen-bond acceptors (Lipinski definition) is 2. The zero-order valence-corrected chi connectivity index (χ0v) is 11.5. The number of amides is 1. The van der Waals surface area contributed by atoms with Gasteiger partial charge in [0.25, 0.3) is 0 Å². The normalized spacial score (nSPS) is 13.4. The second-order valence-corrected chi connectivity index (χ2v) is 5.59. The lowest BCUT2D eigenvalue weighted by Crippen LogP contribution is -2.34. The standard InChI is InChI=1S/C13H18ClFN2O/c1-7-4-8(9(14)5-10(7)15)11(16)6-13(2,3)12(17)18/h4-5,11H,6,16H2,1-3H3,(H2,17,18). The van der Waals surface area contributed by atoms with Crippen LogP contribution in [0.25, 0.3) is 0 Å². The Balaban J connectivity index is 3.01. The Bertz CT molecular complexity index is 474. The van der Waals surface area contributed by atoms with E-state index in [1.165, 1.54) is 6.07 Å². The predicted octanol–water partition coefficient (Wildman–Crippen LogP) is 2.69. The summed E-state index contributed by atoms with van der Waals surface area (Å²) in [6.45, 7) is 5.08. The monoisotopic (exact) mass is 272 g/mol. The molecular formula is C13H18ClFN2O. The quantitative estimate of drug-likeness (QED) is 0.885. The maximum absolute atomic E-state index is 13.3. The van der Waals surface area contributed by atoms with Gasteiger partial charge in [-0.3, -0.25) is 4.79 Å². The van der Waals surface area contributed by atoms with Crippen molar-refractivity contribution in [1.82, 2.24) is 0 Å². The Morgan fingerprint density at radius 1 is 1.50 bits per heavy atom. The van der Waals surface area contributed by atoms with Gasteiger partial charge in [0.2, 0.25) is 5.91 Å². The van der Waals surface area contributed by atoms with E-state index in [4.69, 9.17) is 23.1 Å². The van der Waals surface area contributed by atoms with Crippen LogP contribution < -0.4 is 11.5 Å². The maximum Gasteiger partial charge on any atom is 0.223 e. The van der Waals surface area contributed by atoms with Gasteiger partial charge in [-0.1, -0.05) is 31.5 Å². The molecule has 0 radical (unpaired) electrons. The van der Waals surface area contributed by atoms with Crippen molar-refractivity contribution < 1.29 is 9.18 Å². The Morgan fingerprint density at radius 2 is 2.06 bits per heavy atom. The van der Waals surface area contributed by atoms with Crippen LogP contribution in [0.5, 0.6) is 0 Å². The van der Waals surface area contributed by atoms with Crippen molar-refractivity contribution >= 4 is 17.5 Å². The minimum Gasteiger partial charge on any atom is -0.369 e. The molecule has 0 bridgehead atoms. The highest BCUT2D eigenvalue weighted by molar-refractivity contribution is 6.31. The molecule has 1 aromatic rings. The van der Waals surface area contributed by atoms with Gasteiger partial charge in [0.05, 0.1) is 0 Å². The van der Waals surface area contributed by atoms with Crippen molar-refractivity contribution in [3.8, 4) is 0 Å². The van der Waals surface area contributed by atoms with Crippen LogP contribution in [0.15, 0.2) is 12.1 Å².